The molecule has 1 heterocycles. The van der Waals surface area contributed by atoms with Gasteiger partial charge in [0, 0.05) is 12.0 Å². The Morgan fingerprint density at radius 1 is 1.21 bits per heavy atom. The maximum atomic E-state index is 12.6. The molecule has 1 aliphatic rings. The molecule has 2 amide bonds. The summed E-state index contributed by atoms with van der Waals surface area (Å²) >= 11 is 0. The number of aliphatic hydroxyl groups is 1. The molecule has 1 aliphatic heterocycles. The van der Waals surface area contributed by atoms with Crippen molar-refractivity contribution in [1.82, 2.24) is 0 Å². The van der Waals surface area contributed by atoms with E-state index in [0.29, 0.717) is 24.1 Å². The number of rotatable bonds is 4. The maximum absolute atomic E-state index is 12.6. The largest absolute Gasteiger partial charge is 0.392 e. The fraction of sp³-hybridized carbons (Fsp3) is 0.467. The normalized spacial score (nSPS) is 18.2. The van der Waals surface area contributed by atoms with Crippen LogP contribution in [-0.2, 0) is 16.2 Å². The number of hydrogen-bond donors (Lipinski definition) is 1. The van der Waals surface area contributed by atoms with Gasteiger partial charge in [0.15, 0.2) is 0 Å². The molecule has 1 aromatic carbocycles. The Morgan fingerprint density at radius 2 is 1.84 bits per heavy atom. The lowest BCUT2D eigenvalue weighted by Crippen LogP contribution is -2.35. The SMILES string of the molecule is CCC1(CC)CC(=O)N(c2ccccc2CO)C1=O. The van der Waals surface area contributed by atoms with E-state index in [-0.39, 0.29) is 24.8 Å². The summed E-state index contributed by atoms with van der Waals surface area (Å²) < 4.78 is 0. The van der Waals surface area contributed by atoms with Gasteiger partial charge in [0.2, 0.25) is 11.8 Å². The third-order valence-corrected chi connectivity index (χ3v) is 4.15. The van der Waals surface area contributed by atoms with Crippen molar-refractivity contribution in [3.05, 3.63) is 29.8 Å². The summed E-state index contributed by atoms with van der Waals surface area (Å²) in [6.07, 6.45) is 1.58. The molecule has 4 heteroatoms. The molecule has 19 heavy (non-hydrogen) atoms. The van der Waals surface area contributed by atoms with Gasteiger partial charge in [0.25, 0.3) is 0 Å². The highest BCUT2D eigenvalue weighted by atomic mass is 16.3. The Morgan fingerprint density at radius 3 is 2.37 bits per heavy atom. The van der Waals surface area contributed by atoms with Crippen molar-refractivity contribution in [1.29, 1.82) is 0 Å². The van der Waals surface area contributed by atoms with Gasteiger partial charge in [0.05, 0.1) is 17.7 Å². The van der Waals surface area contributed by atoms with Gasteiger partial charge in [-0.25, -0.2) is 4.90 Å². The summed E-state index contributed by atoms with van der Waals surface area (Å²) in [7, 11) is 0. The van der Waals surface area contributed by atoms with Crippen LogP contribution in [0.2, 0.25) is 0 Å². The smallest absolute Gasteiger partial charge is 0.240 e. The first kappa shape index (κ1) is 13.7. The quantitative estimate of drug-likeness (QED) is 0.846. The topological polar surface area (TPSA) is 57.6 Å². The predicted molar refractivity (Wildman–Crippen MR) is 72.5 cm³/mol. The molecule has 0 aliphatic carbocycles. The molecular formula is C15H19NO3. The molecule has 4 nitrogen and oxygen atoms in total. The third-order valence-electron chi connectivity index (χ3n) is 4.15. The molecular weight excluding hydrogens is 242 g/mol. The Balaban J connectivity index is 2.46. The highest BCUT2D eigenvalue weighted by Gasteiger charge is 2.49. The lowest BCUT2D eigenvalue weighted by Gasteiger charge is -2.24. The average Bonchev–Trinajstić information content (AvgIpc) is 2.70. The van der Waals surface area contributed by atoms with Gasteiger partial charge in [-0.15, -0.1) is 0 Å². The molecule has 1 saturated heterocycles. The summed E-state index contributed by atoms with van der Waals surface area (Å²) in [5.41, 5.74) is 0.551. The first-order valence-electron chi connectivity index (χ1n) is 6.65. The number of carbonyl (C=O) groups excluding carboxylic acids is 2. The maximum Gasteiger partial charge on any atom is 0.240 e. The third kappa shape index (κ3) is 2.06. The molecule has 1 N–H and O–H groups in total. The van der Waals surface area contributed by atoms with Crippen LogP contribution < -0.4 is 4.90 Å². The zero-order valence-corrected chi connectivity index (χ0v) is 11.3. The molecule has 0 atom stereocenters. The van der Waals surface area contributed by atoms with Gasteiger partial charge in [-0.2, -0.15) is 0 Å². The fourth-order valence-corrected chi connectivity index (χ4v) is 2.70. The molecule has 102 valence electrons. The Hall–Kier alpha value is -1.68. The number of benzene rings is 1. The number of imide groups is 1. The first-order valence-corrected chi connectivity index (χ1v) is 6.65. The summed E-state index contributed by atoms with van der Waals surface area (Å²) in [4.78, 5) is 26.1. The Labute approximate surface area is 113 Å². The van der Waals surface area contributed by atoms with Crippen LogP contribution in [-0.4, -0.2) is 16.9 Å². The number of nitrogens with zero attached hydrogens (tertiary/aromatic N) is 1. The van der Waals surface area contributed by atoms with E-state index in [2.05, 4.69) is 0 Å². The van der Waals surface area contributed by atoms with E-state index in [1.54, 1.807) is 24.3 Å². The minimum Gasteiger partial charge on any atom is -0.392 e. The van der Waals surface area contributed by atoms with E-state index >= 15 is 0 Å². The van der Waals surface area contributed by atoms with Crippen molar-refractivity contribution < 1.29 is 14.7 Å². The molecule has 0 radical (unpaired) electrons. The second-order valence-electron chi connectivity index (χ2n) is 4.99. The van der Waals surface area contributed by atoms with Crippen LogP contribution in [0.1, 0.15) is 38.7 Å². The van der Waals surface area contributed by atoms with Gasteiger partial charge >= 0.3 is 0 Å². The number of anilines is 1. The van der Waals surface area contributed by atoms with Crippen molar-refractivity contribution in [2.75, 3.05) is 4.90 Å². The molecule has 0 spiro atoms. The number of carbonyl (C=O) groups is 2. The van der Waals surface area contributed by atoms with Crippen molar-refractivity contribution in [3.63, 3.8) is 0 Å². The second kappa shape index (κ2) is 5.13. The van der Waals surface area contributed by atoms with Crippen LogP contribution in [0, 0.1) is 5.41 Å². The molecule has 1 aromatic rings. The lowest BCUT2D eigenvalue weighted by molar-refractivity contribution is -0.126. The van der Waals surface area contributed by atoms with Crippen LogP contribution >= 0.6 is 0 Å². The van der Waals surface area contributed by atoms with Crippen molar-refractivity contribution in [2.45, 2.75) is 39.7 Å². The van der Waals surface area contributed by atoms with Crippen LogP contribution in [0.15, 0.2) is 24.3 Å². The minimum atomic E-state index is -0.570. The number of hydrogen-bond acceptors (Lipinski definition) is 3. The van der Waals surface area contributed by atoms with E-state index in [0.717, 1.165) is 0 Å². The van der Waals surface area contributed by atoms with E-state index in [9.17, 15) is 14.7 Å². The monoisotopic (exact) mass is 261 g/mol. The zero-order valence-electron chi connectivity index (χ0n) is 11.3. The Bertz CT molecular complexity index is 506. The minimum absolute atomic E-state index is 0.136. The van der Waals surface area contributed by atoms with Gasteiger partial charge in [0.1, 0.15) is 0 Å². The summed E-state index contributed by atoms with van der Waals surface area (Å²) in [6.45, 7) is 3.70. The second-order valence-corrected chi connectivity index (χ2v) is 4.99. The van der Waals surface area contributed by atoms with Crippen molar-refractivity contribution in [2.24, 2.45) is 5.41 Å². The summed E-state index contributed by atoms with van der Waals surface area (Å²) in [5, 5.41) is 9.35. The number of amides is 2. The van der Waals surface area contributed by atoms with Crippen molar-refractivity contribution in [3.8, 4) is 0 Å². The van der Waals surface area contributed by atoms with E-state index < -0.39 is 5.41 Å². The molecule has 2 rings (SSSR count). The molecule has 0 saturated carbocycles. The van der Waals surface area contributed by atoms with Gasteiger partial charge < -0.3 is 5.11 Å². The molecule has 0 aromatic heterocycles. The van der Waals surface area contributed by atoms with Crippen LogP contribution in [0.5, 0.6) is 0 Å². The number of para-hydroxylation sites is 1. The van der Waals surface area contributed by atoms with Gasteiger partial charge in [-0.3, -0.25) is 9.59 Å². The Kier molecular flexibility index (Phi) is 3.71. The van der Waals surface area contributed by atoms with Gasteiger partial charge in [-0.1, -0.05) is 32.0 Å². The summed E-state index contributed by atoms with van der Waals surface area (Å²) in [6, 6.07) is 7.00. The number of aliphatic hydroxyl groups excluding tert-OH is 1. The fourth-order valence-electron chi connectivity index (χ4n) is 2.70. The van der Waals surface area contributed by atoms with E-state index in [1.807, 2.05) is 13.8 Å². The first-order chi connectivity index (χ1) is 9.09. The standard InChI is InChI=1S/C15H19NO3/c1-3-15(4-2)9-13(18)16(14(15)19)12-8-6-5-7-11(12)10-17/h5-8,17H,3-4,9-10H2,1-2H3. The highest BCUT2D eigenvalue weighted by molar-refractivity contribution is 6.22. The molecule has 0 bridgehead atoms. The summed E-state index contributed by atoms with van der Waals surface area (Å²) in [5.74, 6) is -0.307. The van der Waals surface area contributed by atoms with E-state index in [4.69, 9.17) is 0 Å². The predicted octanol–water partition coefficient (Wildman–Crippen LogP) is 2.25. The highest BCUT2D eigenvalue weighted by Crippen LogP contribution is 2.41. The molecule has 1 fully saturated rings. The van der Waals surface area contributed by atoms with Crippen molar-refractivity contribution >= 4 is 17.5 Å². The lowest BCUT2D eigenvalue weighted by atomic mass is 9.81. The average molecular weight is 261 g/mol. The van der Waals surface area contributed by atoms with Crippen LogP contribution in [0.3, 0.4) is 0 Å². The van der Waals surface area contributed by atoms with E-state index in [1.165, 1.54) is 4.90 Å². The van der Waals surface area contributed by atoms with Gasteiger partial charge in [-0.05, 0) is 18.9 Å². The van der Waals surface area contributed by atoms with Crippen LogP contribution in [0.25, 0.3) is 0 Å². The zero-order chi connectivity index (χ0) is 14.0. The van der Waals surface area contributed by atoms with Crippen LogP contribution in [0.4, 0.5) is 5.69 Å². The molecule has 0 unspecified atom stereocenters.